The Balaban J connectivity index is 1.75. The van der Waals surface area contributed by atoms with Gasteiger partial charge in [0.25, 0.3) is 11.2 Å². The number of aromatic nitrogens is 1. The highest BCUT2D eigenvalue weighted by molar-refractivity contribution is 6.06. The number of fused-ring (bicyclic) bond motifs is 3. The Morgan fingerprint density at radius 3 is 2.17 bits per heavy atom. The number of nitrogens with zero attached hydrogens (tertiary/aromatic N) is 1. The van der Waals surface area contributed by atoms with Crippen molar-refractivity contribution in [2.75, 3.05) is 13.2 Å². The number of benzene rings is 3. The van der Waals surface area contributed by atoms with Crippen molar-refractivity contribution in [1.29, 1.82) is 0 Å². The second-order valence-corrected chi connectivity index (χ2v) is 9.34. The van der Waals surface area contributed by atoms with Crippen LogP contribution in [0, 0.1) is 0 Å². The third-order valence-electron chi connectivity index (χ3n) is 6.63. The van der Waals surface area contributed by atoms with E-state index in [4.69, 9.17) is 9.47 Å². The van der Waals surface area contributed by atoms with E-state index in [1.807, 2.05) is 37.3 Å². The molecule has 0 saturated carbocycles. The van der Waals surface area contributed by atoms with Crippen LogP contribution in [0.3, 0.4) is 0 Å². The molecule has 0 unspecified atom stereocenters. The molecule has 0 bridgehead atoms. The topological polar surface area (TPSA) is 60.7 Å². The Hall–Kier alpha value is -3.57. The van der Waals surface area contributed by atoms with Crippen LogP contribution in [0.25, 0.3) is 21.7 Å². The molecule has 0 aliphatic carbocycles. The number of rotatable bonds is 10. The second kappa shape index (κ2) is 11.5. The first kappa shape index (κ1) is 29.4. The maximum Gasteiger partial charge on any atom is 0.430 e. The zero-order valence-electron chi connectivity index (χ0n) is 21.5. The van der Waals surface area contributed by atoms with Gasteiger partial charge >= 0.3 is 12.4 Å². The fourth-order valence-electron chi connectivity index (χ4n) is 4.50. The van der Waals surface area contributed by atoms with E-state index in [0.29, 0.717) is 31.6 Å². The van der Waals surface area contributed by atoms with Gasteiger partial charge in [-0.1, -0.05) is 49.7 Å². The summed E-state index contributed by atoms with van der Waals surface area (Å²) in [7, 11) is 0. The fraction of sp³-hybridized carbons (Fsp3) is 0.345. The summed E-state index contributed by atoms with van der Waals surface area (Å²) in [4.78, 5) is 13.3. The van der Waals surface area contributed by atoms with E-state index in [1.165, 1.54) is 22.8 Å². The predicted octanol–water partition coefficient (Wildman–Crippen LogP) is 6.86. The first-order valence-electron chi connectivity index (χ1n) is 12.6. The van der Waals surface area contributed by atoms with Gasteiger partial charge in [0.05, 0.1) is 18.7 Å². The number of unbranched alkanes of at least 4 members (excludes halogenated alkanes) is 1. The van der Waals surface area contributed by atoms with Gasteiger partial charge in [0, 0.05) is 28.3 Å². The molecule has 0 atom stereocenters. The van der Waals surface area contributed by atoms with E-state index in [2.05, 4.69) is 0 Å². The van der Waals surface area contributed by atoms with Crippen molar-refractivity contribution in [3.63, 3.8) is 0 Å². The average Bonchev–Trinajstić information content (AvgIpc) is 2.91. The highest BCUT2D eigenvalue weighted by Crippen LogP contribution is 2.50. The molecule has 214 valence electrons. The number of pyridine rings is 1. The van der Waals surface area contributed by atoms with Crippen LogP contribution in [-0.2, 0) is 23.5 Å². The molecule has 0 radical (unpaired) electrons. The van der Waals surface area contributed by atoms with Crippen LogP contribution >= 0.6 is 0 Å². The molecule has 0 aliphatic heterocycles. The summed E-state index contributed by atoms with van der Waals surface area (Å²) in [6, 6.07) is 16.0. The minimum atomic E-state index is -6.04. The zero-order chi connectivity index (χ0) is 29.1. The minimum absolute atomic E-state index is 0.0547. The van der Waals surface area contributed by atoms with Gasteiger partial charge in [0.1, 0.15) is 12.4 Å². The summed E-state index contributed by atoms with van der Waals surface area (Å²) in [5.74, 6) is 0.245. The minimum Gasteiger partial charge on any atom is -0.491 e. The molecular weight excluding hydrogens is 540 g/mol. The van der Waals surface area contributed by atoms with Gasteiger partial charge in [-0.15, -0.1) is 0 Å². The lowest BCUT2D eigenvalue weighted by Gasteiger charge is -2.33. The first-order valence-corrected chi connectivity index (χ1v) is 12.6. The Kier molecular flexibility index (Phi) is 8.46. The summed E-state index contributed by atoms with van der Waals surface area (Å²) < 4.78 is 94.4. The predicted molar refractivity (Wildman–Crippen MR) is 138 cm³/mol. The molecule has 0 amide bonds. The molecule has 5 nitrogen and oxygen atoms in total. The molecule has 40 heavy (non-hydrogen) atoms. The third-order valence-corrected chi connectivity index (χ3v) is 6.63. The van der Waals surface area contributed by atoms with E-state index in [-0.39, 0.29) is 47.2 Å². The van der Waals surface area contributed by atoms with E-state index in [0.717, 1.165) is 11.6 Å². The van der Waals surface area contributed by atoms with Crippen LogP contribution < -0.4 is 10.3 Å². The Morgan fingerprint density at radius 1 is 0.825 bits per heavy atom. The van der Waals surface area contributed by atoms with Gasteiger partial charge in [-0.3, -0.25) is 4.79 Å². The van der Waals surface area contributed by atoms with Gasteiger partial charge in [-0.2, -0.15) is 26.3 Å². The second-order valence-electron chi connectivity index (χ2n) is 9.34. The van der Waals surface area contributed by atoms with Gasteiger partial charge in [0.2, 0.25) is 0 Å². The highest BCUT2D eigenvalue weighted by Gasteiger charge is 2.71. The Morgan fingerprint density at radius 2 is 1.52 bits per heavy atom. The molecule has 0 aliphatic rings. The standard InChI is InChI=1S/C29H27F6NO4/c1-2-3-13-36-25-12-9-20(27(38,28(30,31)32)29(33,34)35)16-24(25)23-17-21(10-11-22(23)26(36)37)40-15-14-39-18-19-7-5-4-6-8-19/h4-12,16-17,38H,2-3,13-15,18H2,1H3. The number of aryl methyl sites for hydroxylation is 1. The van der Waals surface area contributed by atoms with E-state index in [9.17, 15) is 36.2 Å². The van der Waals surface area contributed by atoms with Crippen molar-refractivity contribution in [2.45, 2.75) is 50.9 Å². The van der Waals surface area contributed by atoms with Crippen molar-refractivity contribution in [3.05, 3.63) is 88.2 Å². The van der Waals surface area contributed by atoms with E-state index in [1.54, 1.807) is 0 Å². The highest BCUT2D eigenvalue weighted by atomic mass is 19.4. The van der Waals surface area contributed by atoms with Crippen LogP contribution in [-0.4, -0.2) is 35.2 Å². The summed E-state index contributed by atoms with van der Waals surface area (Å²) in [6.07, 6.45) is -10.8. The monoisotopic (exact) mass is 567 g/mol. The maximum absolute atomic E-state index is 13.6. The van der Waals surface area contributed by atoms with Gasteiger partial charge in [-0.05, 0) is 42.3 Å². The summed E-state index contributed by atoms with van der Waals surface area (Å²) in [5.41, 5.74) is -5.84. The number of halogens is 6. The lowest BCUT2D eigenvalue weighted by atomic mass is 9.90. The van der Waals surface area contributed by atoms with E-state index >= 15 is 0 Å². The molecule has 11 heteroatoms. The number of ether oxygens (including phenoxy) is 2. The number of hydrogen-bond donors (Lipinski definition) is 1. The van der Waals surface area contributed by atoms with Crippen molar-refractivity contribution in [3.8, 4) is 5.75 Å². The molecule has 4 rings (SSSR count). The lowest BCUT2D eigenvalue weighted by Crippen LogP contribution is -2.53. The molecule has 3 aromatic carbocycles. The first-order chi connectivity index (χ1) is 18.9. The van der Waals surface area contributed by atoms with Crippen molar-refractivity contribution in [2.24, 2.45) is 0 Å². The third kappa shape index (κ3) is 5.66. The summed E-state index contributed by atoms with van der Waals surface area (Å²) >= 11 is 0. The fourth-order valence-corrected chi connectivity index (χ4v) is 4.50. The molecular formula is C29H27F6NO4. The SMILES string of the molecule is CCCCn1c(=O)c2ccc(OCCOCc3ccccc3)cc2c2cc(C(O)(C(F)(F)F)C(F)(F)F)ccc21. The number of hydrogen-bond acceptors (Lipinski definition) is 4. The molecule has 1 aromatic heterocycles. The van der Waals surface area contributed by atoms with Crippen molar-refractivity contribution in [1.82, 2.24) is 4.57 Å². The van der Waals surface area contributed by atoms with Crippen LogP contribution in [0.5, 0.6) is 5.75 Å². The normalized spacial score (nSPS) is 12.8. The molecule has 1 N–H and O–H groups in total. The summed E-state index contributed by atoms with van der Waals surface area (Å²) in [5, 5.41) is 10.1. The van der Waals surface area contributed by atoms with Crippen molar-refractivity contribution < 1.29 is 40.9 Å². The molecule has 0 saturated heterocycles. The Bertz CT molecular complexity index is 1520. The zero-order valence-corrected chi connectivity index (χ0v) is 21.5. The van der Waals surface area contributed by atoms with Crippen molar-refractivity contribution >= 4 is 21.7 Å². The van der Waals surface area contributed by atoms with Gasteiger partial charge < -0.3 is 19.1 Å². The number of alkyl halides is 6. The van der Waals surface area contributed by atoms with Crippen LogP contribution in [0.1, 0.15) is 30.9 Å². The maximum atomic E-state index is 13.6. The van der Waals surface area contributed by atoms with Gasteiger partial charge in [-0.25, -0.2) is 0 Å². The molecule has 1 heterocycles. The lowest BCUT2D eigenvalue weighted by molar-refractivity contribution is -0.376. The average molecular weight is 568 g/mol. The Labute approximate surface area is 225 Å². The molecule has 0 fully saturated rings. The van der Waals surface area contributed by atoms with Crippen LogP contribution in [0.15, 0.2) is 71.5 Å². The number of aliphatic hydroxyl groups is 1. The van der Waals surface area contributed by atoms with Crippen LogP contribution in [0.2, 0.25) is 0 Å². The quantitative estimate of drug-likeness (QED) is 0.129. The van der Waals surface area contributed by atoms with E-state index < -0.39 is 29.1 Å². The molecule has 4 aromatic rings. The smallest absolute Gasteiger partial charge is 0.430 e. The van der Waals surface area contributed by atoms with Crippen LogP contribution in [0.4, 0.5) is 26.3 Å². The summed E-state index contributed by atoms with van der Waals surface area (Å²) in [6.45, 7) is 2.76. The largest absolute Gasteiger partial charge is 0.491 e. The molecule has 0 spiro atoms. The van der Waals surface area contributed by atoms with Gasteiger partial charge in [0.15, 0.2) is 0 Å².